The van der Waals surface area contributed by atoms with Gasteiger partial charge < -0.3 is 26.0 Å². The second-order valence-electron chi connectivity index (χ2n) is 11.8. The van der Waals surface area contributed by atoms with E-state index in [2.05, 4.69) is 41.4 Å². The fourth-order valence-corrected chi connectivity index (χ4v) is 6.09. The Kier molecular flexibility index (Phi) is 12.7. The molecule has 1 aliphatic rings. The lowest BCUT2D eigenvalue weighted by Gasteiger charge is -2.28. The number of aliphatic carboxylic acids is 1. The van der Waals surface area contributed by atoms with Gasteiger partial charge in [0.15, 0.2) is 0 Å². The third-order valence-electron chi connectivity index (χ3n) is 7.92. The van der Waals surface area contributed by atoms with Crippen LogP contribution in [0, 0.1) is 18.8 Å². The van der Waals surface area contributed by atoms with Gasteiger partial charge >= 0.3 is 5.97 Å². The molecule has 4 N–H and O–H groups in total. The van der Waals surface area contributed by atoms with Crippen molar-refractivity contribution in [3.05, 3.63) is 60.1 Å². The summed E-state index contributed by atoms with van der Waals surface area (Å²) in [4.78, 5) is 70.3. The average Bonchev–Trinajstić information content (AvgIpc) is 3.64. The molecule has 1 aromatic heterocycles. The summed E-state index contributed by atoms with van der Waals surface area (Å²) in [6.45, 7) is 15.8. The molecule has 2 aromatic rings. The van der Waals surface area contributed by atoms with Gasteiger partial charge in [-0.3, -0.25) is 24.0 Å². The number of thiazole rings is 1. The van der Waals surface area contributed by atoms with E-state index in [4.69, 9.17) is 5.11 Å². The van der Waals surface area contributed by atoms with Crippen LogP contribution in [0.2, 0.25) is 0 Å². The summed E-state index contributed by atoms with van der Waals surface area (Å²) >= 11 is 1.60. The summed E-state index contributed by atoms with van der Waals surface area (Å²) in [7, 11) is 0. The van der Waals surface area contributed by atoms with Crippen molar-refractivity contribution in [2.45, 2.75) is 84.5 Å². The lowest BCUT2D eigenvalue weighted by atomic mass is 9.95. The van der Waals surface area contributed by atoms with E-state index in [9.17, 15) is 24.0 Å². The Morgan fingerprint density at radius 2 is 1.84 bits per heavy atom. The fraction of sp³-hybridized carbons (Fsp3) is 0.485. The maximum atomic E-state index is 13.5. The van der Waals surface area contributed by atoms with Gasteiger partial charge in [0.05, 0.1) is 29.4 Å². The van der Waals surface area contributed by atoms with Crippen molar-refractivity contribution < 1.29 is 29.1 Å². The van der Waals surface area contributed by atoms with Crippen LogP contribution < -0.4 is 16.0 Å². The first-order chi connectivity index (χ1) is 21.3. The molecule has 1 aliphatic heterocycles. The maximum absolute atomic E-state index is 13.5. The van der Waals surface area contributed by atoms with E-state index in [1.807, 2.05) is 36.7 Å². The first-order valence-corrected chi connectivity index (χ1v) is 16.1. The summed E-state index contributed by atoms with van der Waals surface area (Å²) in [5.41, 5.74) is 5.61. The van der Waals surface area contributed by atoms with E-state index in [0.29, 0.717) is 25.1 Å². The van der Waals surface area contributed by atoms with Gasteiger partial charge in [-0.2, -0.15) is 0 Å². The van der Waals surface area contributed by atoms with Crippen LogP contribution in [0.15, 0.2) is 41.9 Å². The highest BCUT2D eigenvalue weighted by atomic mass is 32.1. The number of carbonyl (C=O) groups excluding carboxylic acids is 4. The predicted molar refractivity (Wildman–Crippen MR) is 173 cm³/mol. The Balaban J connectivity index is 1.62. The molecule has 4 amide bonds. The van der Waals surface area contributed by atoms with E-state index < -0.39 is 41.8 Å². The number of amides is 4. The molecule has 3 rings (SSSR count). The molecule has 1 aromatic carbocycles. The Morgan fingerprint density at radius 1 is 1.16 bits per heavy atom. The number of rotatable bonds is 15. The third kappa shape index (κ3) is 9.90. The van der Waals surface area contributed by atoms with Gasteiger partial charge in [0.2, 0.25) is 23.6 Å². The van der Waals surface area contributed by atoms with Crippen molar-refractivity contribution >= 4 is 40.9 Å². The molecule has 11 nitrogen and oxygen atoms in total. The van der Waals surface area contributed by atoms with E-state index in [1.165, 1.54) is 11.8 Å². The number of aryl methyl sites for hydroxylation is 1. The highest BCUT2D eigenvalue weighted by Crippen LogP contribution is 2.28. The minimum Gasteiger partial charge on any atom is -0.481 e. The summed E-state index contributed by atoms with van der Waals surface area (Å²) in [5.74, 6) is -3.28. The van der Waals surface area contributed by atoms with Gasteiger partial charge in [-0.15, -0.1) is 11.3 Å². The number of nitrogens with zero attached hydrogens (tertiary/aromatic N) is 2. The molecule has 2 heterocycles. The zero-order valence-electron chi connectivity index (χ0n) is 26.4. The number of aromatic nitrogens is 1. The number of allylic oxidation sites excluding steroid dienone is 1. The topological polar surface area (TPSA) is 158 Å². The first-order valence-electron chi connectivity index (χ1n) is 15.2. The molecule has 0 bridgehead atoms. The molecule has 12 heteroatoms. The van der Waals surface area contributed by atoms with Gasteiger partial charge in [-0.1, -0.05) is 44.7 Å². The van der Waals surface area contributed by atoms with E-state index in [1.54, 1.807) is 18.3 Å². The predicted octanol–water partition coefficient (Wildman–Crippen LogP) is 3.50. The number of carboxylic acids is 1. The number of carboxylic acid groups (broad SMARTS) is 1. The number of hydrogen-bond acceptors (Lipinski definition) is 7. The summed E-state index contributed by atoms with van der Waals surface area (Å²) < 4.78 is 0. The largest absolute Gasteiger partial charge is 0.481 e. The average molecular weight is 639 g/mol. The third-order valence-corrected chi connectivity index (χ3v) is 8.84. The Bertz CT molecular complexity index is 1390. The Labute approximate surface area is 268 Å². The molecule has 242 valence electrons. The monoisotopic (exact) mass is 638 g/mol. The van der Waals surface area contributed by atoms with Gasteiger partial charge in [0.25, 0.3) is 0 Å². The van der Waals surface area contributed by atoms with Crippen LogP contribution in [-0.4, -0.2) is 69.3 Å². The van der Waals surface area contributed by atoms with Crippen LogP contribution in [-0.2, 0) is 36.9 Å². The lowest BCUT2D eigenvalue weighted by molar-refractivity contribution is -0.141. The van der Waals surface area contributed by atoms with Crippen molar-refractivity contribution in [3.63, 3.8) is 0 Å². The van der Waals surface area contributed by atoms with Crippen LogP contribution in [0.4, 0.5) is 0 Å². The van der Waals surface area contributed by atoms with E-state index >= 15 is 0 Å². The normalized spacial score (nSPS) is 18.0. The van der Waals surface area contributed by atoms with Crippen LogP contribution in [0.3, 0.4) is 0 Å². The van der Waals surface area contributed by atoms with Crippen LogP contribution in [0.25, 0.3) is 10.4 Å². The smallest absolute Gasteiger partial charge is 0.303 e. The second-order valence-corrected chi connectivity index (χ2v) is 12.6. The van der Waals surface area contributed by atoms with Gasteiger partial charge in [-0.25, -0.2) is 4.98 Å². The lowest BCUT2D eigenvalue weighted by Crippen LogP contribution is -2.56. The van der Waals surface area contributed by atoms with E-state index in [0.717, 1.165) is 28.1 Å². The number of carbonyl (C=O) groups is 5. The number of hydrogen-bond donors (Lipinski definition) is 4. The summed E-state index contributed by atoms with van der Waals surface area (Å²) in [6.07, 6.45) is 0.800. The molecule has 0 saturated carbocycles. The van der Waals surface area contributed by atoms with Gasteiger partial charge in [-0.05, 0) is 49.3 Å². The highest BCUT2D eigenvalue weighted by molar-refractivity contribution is 7.13. The van der Waals surface area contributed by atoms with Gasteiger partial charge in [0.1, 0.15) is 24.0 Å². The molecule has 45 heavy (non-hydrogen) atoms. The minimum absolute atomic E-state index is 0.0859. The molecule has 0 aliphatic carbocycles. The SMILES string of the molecule is C=C(C)C([CH2+])CC(NC(=O)CCC(=O)O)C(=O)NC(C)C(=O)N1CC(C)CC1C(=O)NCc1ccc(-c2scnc2CC)cc1. The zero-order valence-corrected chi connectivity index (χ0v) is 27.2. The van der Waals surface area contributed by atoms with Crippen LogP contribution in [0.5, 0.6) is 0 Å². The molecule has 0 radical (unpaired) electrons. The second kappa shape index (κ2) is 16.2. The molecule has 1 fully saturated rings. The fourth-order valence-electron chi connectivity index (χ4n) is 5.20. The summed E-state index contributed by atoms with van der Waals surface area (Å²) in [5, 5.41) is 17.1. The van der Waals surface area contributed by atoms with Crippen LogP contribution in [0.1, 0.15) is 64.6 Å². The standard InChI is InChI=1S/C33H43N5O6S/c1-7-25-30(45-18-35-25)24-10-8-23(9-11-24)16-34-32(43)27-14-20(4)17-38(27)33(44)22(6)36-31(42)26(15-21(5)19(2)3)37-28(39)12-13-29(40)41/h8-11,18,20-22,26-27H,2,5,7,12-17H2,1,3-4,6H3,(H3-,34,36,37,39,40,41,42,43)/p+1. The van der Waals surface area contributed by atoms with Crippen molar-refractivity contribution in [2.75, 3.05) is 6.54 Å². The number of nitrogens with one attached hydrogen (secondary N) is 3. The van der Waals surface area contributed by atoms with Crippen LogP contribution >= 0.6 is 11.3 Å². The van der Waals surface area contributed by atoms with Crippen molar-refractivity contribution in [1.29, 1.82) is 0 Å². The zero-order chi connectivity index (χ0) is 33.3. The van der Waals surface area contributed by atoms with Crippen molar-refractivity contribution in [2.24, 2.45) is 11.8 Å². The number of benzene rings is 1. The van der Waals surface area contributed by atoms with Crippen molar-refractivity contribution in [1.82, 2.24) is 25.8 Å². The molecule has 5 atom stereocenters. The van der Waals surface area contributed by atoms with E-state index in [-0.39, 0.29) is 37.0 Å². The highest BCUT2D eigenvalue weighted by Gasteiger charge is 2.40. The Hall–Kier alpha value is -4.19. The maximum Gasteiger partial charge on any atom is 0.303 e. The quantitative estimate of drug-likeness (QED) is 0.172. The summed E-state index contributed by atoms with van der Waals surface area (Å²) in [6, 6.07) is 5.25. The molecule has 5 unspecified atom stereocenters. The minimum atomic E-state index is -1.13. The molecular weight excluding hydrogens is 594 g/mol. The van der Waals surface area contributed by atoms with Gasteiger partial charge in [0, 0.05) is 25.9 Å². The molecule has 1 saturated heterocycles. The number of likely N-dealkylation sites (tertiary alicyclic amines) is 1. The Morgan fingerprint density at radius 3 is 2.47 bits per heavy atom. The molecule has 0 spiro atoms. The first kappa shape index (κ1) is 35.3. The molecular formula is C33H44N5O6S+. The van der Waals surface area contributed by atoms with Crippen molar-refractivity contribution in [3.8, 4) is 10.4 Å².